The molecule has 3 aromatic rings. The largest absolute Gasteiger partial charge is 0.411 e. The maximum absolute atomic E-state index is 11.5. The number of aromatic nitrogens is 4. The monoisotopic (exact) mass is 526 g/mol. The minimum atomic E-state index is -1.13. The van der Waals surface area contributed by atoms with E-state index in [-0.39, 0.29) is 11.7 Å². The fourth-order valence-electron chi connectivity index (χ4n) is 5.42. The second-order valence-corrected chi connectivity index (χ2v) is 10.2. The van der Waals surface area contributed by atoms with Crippen LogP contribution in [0.15, 0.2) is 24.3 Å². The highest BCUT2D eigenvalue weighted by atomic mass is 35.5. The van der Waals surface area contributed by atoms with E-state index >= 15 is 0 Å². The SMILES string of the molecule is N=C(OC(N)=O)c1nc(-c2cccc(Cl)c2)c2c(n1)nc(C(O)C1CCOCC1)n2CC1CCCCC1. The van der Waals surface area contributed by atoms with Crippen LogP contribution in [0.1, 0.15) is 62.7 Å². The van der Waals surface area contributed by atoms with Crippen LogP contribution in [0.25, 0.3) is 22.4 Å². The van der Waals surface area contributed by atoms with Crippen LogP contribution < -0.4 is 5.73 Å². The molecule has 1 saturated heterocycles. The van der Waals surface area contributed by atoms with E-state index in [0.29, 0.717) is 58.9 Å². The number of carbonyl (C=O) groups excluding carboxylic acids is 1. The number of hydrogen-bond acceptors (Lipinski definition) is 8. The van der Waals surface area contributed by atoms with E-state index in [1.54, 1.807) is 12.1 Å². The molecule has 1 aliphatic carbocycles. The Hall–Kier alpha value is -3.08. The van der Waals surface area contributed by atoms with Crippen molar-refractivity contribution < 1.29 is 19.4 Å². The molecular formula is C26H31ClN6O4. The molecule has 1 unspecified atom stereocenters. The highest BCUT2D eigenvalue weighted by Crippen LogP contribution is 2.36. The number of ether oxygens (including phenoxy) is 2. The molecule has 0 bridgehead atoms. The summed E-state index contributed by atoms with van der Waals surface area (Å²) in [6, 6.07) is 7.22. The Morgan fingerprint density at radius 2 is 1.95 bits per heavy atom. The number of imidazole rings is 1. The lowest BCUT2D eigenvalue weighted by Crippen LogP contribution is -2.25. The van der Waals surface area contributed by atoms with Crippen molar-refractivity contribution in [2.75, 3.05) is 13.2 Å². The summed E-state index contributed by atoms with van der Waals surface area (Å²) in [5, 5.41) is 20.2. The van der Waals surface area contributed by atoms with Gasteiger partial charge in [0.25, 0.3) is 5.90 Å². The second kappa shape index (κ2) is 11.1. The van der Waals surface area contributed by atoms with Gasteiger partial charge < -0.3 is 24.9 Å². The van der Waals surface area contributed by atoms with Crippen molar-refractivity contribution in [3.63, 3.8) is 0 Å². The van der Waals surface area contributed by atoms with Crippen LogP contribution in [0.4, 0.5) is 4.79 Å². The van der Waals surface area contributed by atoms with Crippen LogP contribution >= 0.6 is 11.6 Å². The molecule has 1 saturated carbocycles. The highest BCUT2D eigenvalue weighted by molar-refractivity contribution is 6.30. The van der Waals surface area contributed by atoms with Crippen molar-refractivity contribution in [3.8, 4) is 11.3 Å². The number of fused-ring (bicyclic) bond motifs is 1. The number of aliphatic hydroxyl groups is 1. The number of amides is 1. The summed E-state index contributed by atoms with van der Waals surface area (Å²) in [5.41, 5.74) is 7.29. The average Bonchev–Trinajstić information content (AvgIpc) is 3.26. The van der Waals surface area contributed by atoms with Crippen LogP contribution in [0.3, 0.4) is 0 Å². The van der Waals surface area contributed by atoms with Gasteiger partial charge in [-0.1, -0.05) is 43.0 Å². The van der Waals surface area contributed by atoms with Crippen LogP contribution in [0.5, 0.6) is 0 Å². The van der Waals surface area contributed by atoms with Gasteiger partial charge in [0.1, 0.15) is 23.1 Å². The lowest BCUT2D eigenvalue weighted by atomic mass is 9.89. The predicted molar refractivity (Wildman–Crippen MR) is 138 cm³/mol. The van der Waals surface area contributed by atoms with Gasteiger partial charge in [0.05, 0.1) is 0 Å². The molecular weight excluding hydrogens is 496 g/mol. The molecule has 0 spiro atoms. The van der Waals surface area contributed by atoms with Gasteiger partial charge in [-0.15, -0.1) is 0 Å². The summed E-state index contributed by atoms with van der Waals surface area (Å²) < 4.78 is 12.3. The lowest BCUT2D eigenvalue weighted by molar-refractivity contribution is 0.00232. The summed E-state index contributed by atoms with van der Waals surface area (Å²) in [4.78, 5) is 25.2. The molecule has 196 valence electrons. The smallest absolute Gasteiger partial charge is 0.388 e. The van der Waals surface area contributed by atoms with Crippen molar-refractivity contribution in [1.29, 1.82) is 5.41 Å². The topological polar surface area (TPSA) is 149 Å². The van der Waals surface area contributed by atoms with E-state index in [2.05, 4.69) is 14.5 Å². The molecule has 1 aromatic carbocycles. The fourth-order valence-corrected chi connectivity index (χ4v) is 5.61. The molecule has 1 amide bonds. The lowest BCUT2D eigenvalue weighted by Gasteiger charge is -2.28. The minimum absolute atomic E-state index is 0.00853. The van der Waals surface area contributed by atoms with Gasteiger partial charge in [0.15, 0.2) is 5.65 Å². The number of benzene rings is 1. The average molecular weight is 527 g/mol. The molecule has 4 N–H and O–H groups in total. The standard InChI is InChI=1S/C26H31ClN6O4/c27-18-8-4-7-17(13-18)19-20-23(31-24(30-19)22(28)37-26(29)35)32-25(21(34)16-9-11-36-12-10-16)33(20)14-15-5-2-1-3-6-15/h4,7-8,13,15-16,21,28,34H,1-3,5-6,9-12,14H2,(H2,29,35). The molecule has 5 rings (SSSR count). The second-order valence-electron chi connectivity index (χ2n) is 9.81. The Morgan fingerprint density at radius 3 is 2.65 bits per heavy atom. The fraction of sp³-hybridized carbons (Fsp3) is 0.500. The van der Waals surface area contributed by atoms with E-state index in [1.807, 2.05) is 12.1 Å². The molecule has 1 atom stereocenters. The number of carbonyl (C=O) groups is 1. The molecule has 2 aromatic heterocycles. The van der Waals surface area contributed by atoms with Crippen LogP contribution in [0.2, 0.25) is 5.02 Å². The summed E-state index contributed by atoms with van der Waals surface area (Å²) in [6.45, 7) is 1.88. The summed E-state index contributed by atoms with van der Waals surface area (Å²) in [5.74, 6) is 0.274. The van der Waals surface area contributed by atoms with Crippen molar-refractivity contribution in [2.45, 2.75) is 57.6 Å². The van der Waals surface area contributed by atoms with Crippen LogP contribution in [-0.2, 0) is 16.0 Å². The number of rotatable bonds is 6. The number of hydrogen-bond donors (Lipinski definition) is 3. The number of nitrogens with two attached hydrogens (primary N) is 1. The van der Waals surface area contributed by atoms with Crippen molar-refractivity contribution in [1.82, 2.24) is 19.5 Å². The molecule has 0 radical (unpaired) electrons. The Morgan fingerprint density at radius 1 is 1.19 bits per heavy atom. The van der Waals surface area contributed by atoms with E-state index in [4.69, 9.17) is 37.2 Å². The first-order valence-corrected chi connectivity index (χ1v) is 13.1. The first kappa shape index (κ1) is 25.6. The Bertz CT molecular complexity index is 1300. The quantitative estimate of drug-likeness (QED) is 0.313. The van der Waals surface area contributed by atoms with Crippen LogP contribution in [-0.4, -0.2) is 49.8 Å². The van der Waals surface area contributed by atoms with Gasteiger partial charge in [0, 0.05) is 30.3 Å². The number of nitrogens with zero attached hydrogens (tertiary/aromatic N) is 4. The third-order valence-corrected chi connectivity index (χ3v) is 7.51. The number of nitrogens with one attached hydrogen (secondary N) is 1. The molecule has 2 aliphatic rings. The third kappa shape index (κ3) is 5.61. The highest BCUT2D eigenvalue weighted by Gasteiger charge is 2.31. The molecule has 3 heterocycles. The zero-order valence-corrected chi connectivity index (χ0v) is 21.3. The van der Waals surface area contributed by atoms with Crippen molar-refractivity contribution in [3.05, 3.63) is 40.9 Å². The zero-order chi connectivity index (χ0) is 25.9. The van der Waals surface area contributed by atoms with Gasteiger partial charge in [-0.25, -0.2) is 19.7 Å². The van der Waals surface area contributed by atoms with Crippen LogP contribution in [0, 0.1) is 17.2 Å². The summed E-state index contributed by atoms with van der Waals surface area (Å²) in [6.07, 6.45) is 5.35. The Kier molecular flexibility index (Phi) is 7.68. The Balaban J connectivity index is 1.70. The molecule has 1 aliphatic heterocycles. The molecule has 11 heteroatoms. The minimum Gasteiger partial charge on any atom is -0.388 e. The zero-order valence-electron chi connectivity index (χ0n) is 20.5. The summed E-state index contributed by atoms with van der Waals surface area (Å²) in [7, 11) is 0. The first-order valence-electron chi connectivity index (χ1n) is 12.8. The number of primary amides is 1. The molecule has 37 heavy (non-hydrogen) atoms. The van der Waals surface area contributed by atoms with Gasteiger partial charge in [-0.3, -0.25) is 5.41 Å². The molecule has 2 fully saturated rings. The normalized spacial score (nSPS) is 18.1. The van der Waals surface area contributed by atoms with Gasteiger partial charge in [-0.05, 0) is 49.7 Å². The Labute approximate surface area is 219 Å². The third-order valence-electron chi connectivity index (χ3n) is 7.28. The van der Waals surface area contributed by atoms with Gasteiger partial charge in [-0.2, -0.15) is 0 Å². The maximum atomic E-state index is 11.5. The van der Waals surface area contributed by atoms with E-state index < -0.39 is 18.1 Å². The van der Waals surface area contributed by atoms with E-state index in [1.165, 1.54) is 19.3 Å². The van der Waals surface area contributed by atoms with E-state index in [9.17, 15) is 9.90 Å². The van der Waals surface area contributed by atoms with Gasteiger partial charge in [0.2, 0.25) is 5.82 Å². The van der Waals surface area contributed by atoms with Crippen molar-refractivity contribution >= 4 is 34.8 Å². The first-order chi connectivity index (χ1) is 17.9. The van der Waals surface area contributed by atoms with E-state index in [0.717, 1.165) is 25.7 Å². The number of aliphatic hydroxyl groups excluding tert-OH is 1. The summed E-state index contributed by atoms with van der Waals surface area (Å²) >= 11 is 6.32. The predicted octanol–water partition coefficient (Wildman–Crippen LogP) is 4.61. The van der Waals surface area contributed by atoms with Gasteiger partial charge >= 0.3 is 6.09 Å². The number of halogens is 1. The van der Waals surface area contributed by atoms with Crippen molar-refractivity contribution in [2.24, 2.45) is 17.6 Å². The molecule has 10 nitrogen and oxygen atoms in total. The maximum Gasteiger partial charge on any atom is 0.411 e.